The van der Waals surface area contributed by atoms with E-state index in [0.717, 1.165) is 28.2 Å². The van der Waals surface area contributed by atoms with E-state index in [1.807, 2.05) is 49.6 Å². The monoisotopic (exact) mass is 363 g/mol. The highest BCUT2D eigenvalue weighted by atomic mass is 16.5. The van der Waals surface area contributed by atoms with E-state index in [-0.39, 0.29) is 6.04 Å². The van der Waals surface area contributed by atoms with Crippen LogP contribution in [0.1, 0.15) is 30.1 Å². The lowest BCUT2D eigenvalue weighted by Crippen LogP contribution is -2.19. The molecule has 1 N–H and O–H groups in total. The van der Waals surface area contributed by atoms with Gasteiger partial charge < -0.3 is 19.0 Å². The zero-order valence-corrected chi connectivity index (χ0v) is 15.5. The summed E-state index contributed by atoms with van der Waals surface area (Å²) in [7, 11) is 1.63. The van der Waals surface area contributed by atoms with Gasteiger partial charge in [0.1, 0.15) is 11.4 Å². The maximum atomic E-state index is 5.44. The molecule has 0 radical (unpaired) electrons. The second kappa shape index (κ2) is 7.20. The molecule has 0 amide bonds. The fraction of sp³-hybridized carbons (Fsp3) is 0.250. The second-order valence-electron chi connectivity index (χ2n) is 6.43. The number of benzene rings is 1. The zero-order valence-electron chi connectivity index (χ0n) is 15.5. The van der Waals surface area contributed by atoms with Gasteiger partial charge in [-0.05, 0) is 37.6 Å². The molecule has 7 nitrogen and oxygen atoms in total. The number of imidazole rings is 1. The molecule has 0 aliphatic carbocycles. The van der Waals surface area contributed by atoms with Crippen LogP contribution in [0.25, 0.3) is 17.0 Å². The van der Waals surface area contributed by atoms with Crippen LogP contribution in [0.15, 0.2) is 53.3 Å². The minimum Gasteiger partial charge on any atom is -0.497 e. The number of pyridine rings is 1. The van der Waals surface area contributed by atoms with Crippen molar-refractivity contribution in [3.05, 3.63) is 65.9 Å². The van der Waals surface area contributed by atoms with Crippen molar-refractivity contribution in [1.82, 2.24) is 24.8 Å². The number of hydrogen-bond acceptors (Lipinski definition) is 6. The SMILES string of the molecule is COc1cccc(-c2noc(C(C)NCc3cnc4c(C)cccn34)n2)c1. The normalized spacial score (nSPS) is 12.4. The lowest BCUT2D eigenvalue weighted by Gasteiger charge is -2.09. The van der Waals surface area contributed by atoms with Gasteiger partial charge >= 0.3 is 0 Å². The van der Waals surface area contributed by atoms with E-state index < -0.39 is 0 Å². The number of aryl methyl sites for hydroxylation is 1. The number of nitrogens with one attached hydrogen (secondary N) is 1. The van der Waals surface area contributed by atoms with Gasteiger partial charge in [0, 0.05) is 18.3 Å². The minimum atomic E-state index is -0.0905. The lowest BCUT2D eigenvalue weighted by molar-refractivity contribution is 0.338. The molecule has 0 spiro atoms. The molecule has 7 heteroatoms. The number of ether oxygens (including phenoxy) is 1. The van der Waals surface area contributed by atoms with Gasteiger partial charge in [0.05, 0.1) is 25.0 Å². The summed E-state index contributed by atoms with van der Waals surface area (Å²) in [4.78, 5) is 9.00. The molecule has 0 saturated heterocycles. The Balaban J connectivity index is 1.48. The second-order valence-corrected chi connectivity index (χ2v) is 6.43. The number of methoxy groups -OCH3 is 1. The highest BCUT2D eigenvalue weighted by Gasteiger charge is 2.16. The standard InChI is InChI=1S/C20H21N5O2/c1-13-6-5-9-25-16(12-22-19(13)25)11-21-14(2)20-23-18(24-27-20)15-7-4-8-17(10-15)26-3/h4-10,12,14,21H,11H2,1-3H3. The topological polar surface area (TPSA) is 77.5 Å². The highest BCUT2D eigenvalue weighted by molar-refractivity contribution is 5.56. The van der Waals surface area contributed by atoms with Gasteiger partial charge in [-0.2, -0.15) is 4.98 Å². The Morgan fingerprint density at radius 2 is 2.15 bits per heavy atom. The van der Waals surface area contributed by atoms with Crippen molar-refractivity contribution in [2.45, 2.75) is 26.4 Å². The summed E-state index contributed by atoms with van der Waals surface area (Å²) in [5.74, 6) is 1.84. The molecule has 0 bridgehead atoms. The fourth-order valence-electron chi connectivity index (χ4n) is 2.97. The van der Waals surface area contributed by atoms with Crippen molar-refractivity contribution in [2.75, 3.05) is 7.11 Å². The molecule has 27 heavy (non-hydrogen) atoms. The first-order valence-corrected chi connectivity index (χ1v) is 8.78. The Hall–Kier alpha value is -3.19. The van der Waals surface area contributed by atoms with Crippen molar-refractivity contribution < 1.29 is 9.26 Å². The fourth-order valence-corrected chi connectivity index (χ4v) is 2.97. The van der Waals surface area contributed by atoms with Crippen LogP contribution < -0.4 is 10.1 Å². The number of hydrogen-bond donors (Lipinski definition) is 1. The predicted octanol–water partition coefficient (Wildman–Crippen LogP) is 3.55. The Labute approximate surface area is 157 Å². The van der Waals surface area contributed by atoms with Gasteiger partial charge in [-0.25, -0.2) is 4.98 Å². The van der Waals surface area contributed by atoms with Crippen LogP contribution in [0, 0.1) is 6.92 Å². The van der Waals surface area contributed by atoms with Crippen molar-refractivity contribution in [2.24, 2.45) is 0 Å². The predicted molar refractivity (Wildman–Crippen MR) is 101 cm³/mol. The molecular formula is C20H21N5O2. The first kappa shape index (κ1) is 17.2. The van der Waals surface area contributed by atoms with Crippen LogP contribution in [-0.4, -0.2) is 26.6 Å². The maximum absolute atomic E-state index is 5.44. The maximum Gasteiger partial charge on any atom is 0.243 e. The van der Waals surface area contributed by atoms with E-state index in [2.05, 4.69) is 37.8 Å². The number of aromatic nitrogens is 4. The molecule has 3 heterocycles. The molecule has 4 aromatic rings. The number of rotatable bonds is 6. The summed E-state index contributed by atoms with van der Waals surface area (Å²) in [6.45, 7) is 4.70. The van der Waals surface area contributed by atoms with Crippen LogP contribution in [-0.2, 0) is 6.54 Å². The van der Waals surface area contributed by atoms with Gasteiger partial charge in [0.2, 0.25) is 11.7 Å². The van der Waals surface area contributed by atoms with E-state index in [0.29, 0.717) is 18.3 Å². The van der Waals surface area contributed by atoms with Crippen molar-refractivity contribution >= 4 is 5.65 Å². The smallest absolute Gasteiger partial charge is 0.243 e. The number of fused-ring (bicyclic) bond motifs is 1. The molecule has 1 atom stereocenters. The molecular weight excluding hydrogens is 342 g/mol. The summed E-state index contributed by atoms with van der Waals surface area (Å²) < 4.78 is 12.8. The zero-order chi connectivity index (χ0) is 18.8. The molecule has 1 unspecified atom stereocenters. The van der Waals surface area contributed by atoms with Gasteiger partial charge in [0.15, 0.2) is 0 Å². The molecule has 0 aliphatic rings. The van der Waals surface area contributed by atoms with Crippen LogP contribution in [0.4, 0.5) is 0 Å². The van der Waals surface area contributed by atoms with Crippen LogP contribution in [0.2, 0.25) is 0 Å². The van der Waals surface area contributed by atoms with E-state index in [1.165, 1.54) is 0 Å². The first-order valence-electron chi connectivity index (χ1n) is 8.78. The number of nitrogens with zero attached hydrogens (tertiary/aromatic N) is 4. The van der Waals surface area contributed by atoms with Gasteiger partial charge in [0.25, 0.3) is 0 Å². The highest BCUT2D eigenvalue weighted by Crippen LogP contribution is 2.23. The van der Waals surface area contributed by atoms with Gasteiger partial charge in [-0.3, -0.25) is 0 Å². The van der Waals surface area contributed by atoms with E-state index in [1.54, 1.807) is 7.11 Å². The van der Waals surface area contributed by atoms with Crippen LogP contribution in [0.3, 0.4) is 0 Å². The van der Waals surface area contributed by atoms with Crippen molar-refractivity contribution in [3.63, 3.8) is 0 Å². The van der Waals surface area contributed by atoms with Crippen LogP contribution >= 0.6 is 0 Å². The average Bonchev–Trinajstić information content (AvgIpc) is 3.34. The van der Waals surface area contributed by atoms with Crippen molar-refractivity contribution in [3.8, 4) is 17.1 Å². The third-order valence-electron chi connectivity index (χ3n) is 4.54. The van der Waals surface area contributed by atoms with Crippen molar-refractivity contribution in [1.29, 1.82) is 0 Å². The van der Waals surface area contributed by atoms with E-state index in [4.69, 9.17) is 9.26 Å². The molecule has 1 aromatic carbocycles. The molecule has 0 fully saturated rings. The van der Waals surface area contributed by atoms with Gasteiger partial charge in [-0.1, -0.05) is 23.4 Å². The van der Waals surface area contributed by atoms with E-state index in [9.17, 15) is 0 Å². The Morgan fingerprint density at radius 3 is 3.00 bits per heavy atom. The molecule has 4 rings (SSSR count). The average molecular weight is 363 g/mol. The Kier molecular flexibility index (Phi) is 4.60. The Morgan fingerprint density at radius 1 is 1.26 bits per heavy atom. The summed E-state index contributed by atoms with van der Waals surface area (Å²) >= 11 is 0. The van der Waals surface area contributed by atoms with E-state index >= 15 is 0 Å². The molecule has 138 valence electrons. The molecule has 0 saturated carbocycles. The summed E-state index contributed by atoms with van der Waals surface area (Å²) in [5.41, 5.74) is 4.05. The minimum absolute atomic E-state index is 0.0905. The first-order chi connectivity index (χ1) is 13.2. The molecule has 0 aliphatic heterocycles. The third-order valence-corrected chi connectivity index (χ3v) is 4.54. The summed E-state index contributed by atoms with van der Waals surface area (Å²) in [6, 6.07) is 11.6. The summed E-state index contributed by atoms with van der Waals surface area (Å²) in [5, 5.41) is 7.51. The van der Waals surface area contributed by atoms with Gasteiger partial charge in [-0.15, -0.1) is 0 Å². The quantitative estimate of drug-likeness (QED) is 0.564. The third kappa shape index (κ3) is 3.41. The molecule has 3 aromatic heterocycles. The van der Waals surface area contributed by atoms with Crippen LogP contribution in [0.5, 0.6) is 5.75 Å². The lowest BCUT2D eigenvalue weighted by atomic mass is 10.2. The summed E-state index contributed by atoms with van der Waals surface area (Å²) in [6.07, 6.45) is 3.90. The Bertz CT molecular complexity index is 1070. The largest absolute Gasteiger partial charge is 0.497 e.